The first-order chi connectivity index (χ1) is 5.70. The molecular formula is C10H22O2. The van der Waals surface area contributed by atoms with Crippen molar-refractivity contribution in [2.24, 2.45) is 11.8 Å². The first-order valence-corrected chi connectivity index (χ1v) is 4.97. The van der Waals surface area contributed by atoms with Gasteiger partial charge in [0.2, 0.25) is 0 Å². The van der Waals surface area contributed by atoms with Gasteiger partial charge in [-0.3, -0.25) is 5.26 Å². The summed E-state index contributed by atoms with van der Waals surface area (Å²) in [6.07, 6.45) is 4.68. The van der Waals surface area contributed by atoms with Gasteiger partial charge in [-0.1, -0.05) is 27.2 Å². The Kier molecular flexibility index (Phi) is 7.51. The Labute approximate surface area is 75.9 Å². The summed E-state index contributed by atoms with van der Waals surface area (Å²) in [6, 6.07) is 0. The maximum atomic E-state index is 8.13. The molecule has 0 aromatic heterocycles. The van der Waals surface area contributed by atoms with Crippen molar-refractivity contribution in [1.29, 1.82) is 0 Å². The van der Waals surface area contributed by atoms with Gasteiger partial charge in [0.15, 0.2) is 0 Å². The van der Waals surface area contributed by atoms with Gasteiger partial charge >= 0.3 is 0 Å². The molecule has 0 aliphatic heterocycles. The van der Waals surface area contributed by atoms with E-state index in [4.69, 9.17) is 5.26 Å². The fraction of sp³-hybridized carbons (Fsp3) is 1.00. The van der Waals surface area contributed by atoms with Crippen LogP contribution in [0.25, 0.3) is 0 Å². The van der Waals surface area contributed by atoms with E-state index in [2.05, 4.69) is 25.7 Å². The fourth-order valence-corrected chi connectivity index (χ4v) is 1.59. The molecule has 0 aromatic rings. The van der Waals surface area contributed by atoms with Gasteiger partial charge in [-0.2, -0.15) is 0 Å². The van der Waals surface area contributed by atoms with E-state index in [1.54, 1.807) is 0 Å². The topological polar surface area (TPSA) is 29.5 Å². The van der Waals surface area contributed by atoms with Crippen LogP contribution in [0.4, 0.5) is 0 Å². The van der Waals surface area contributed by atoms with Gasteiger partial charge in [0, 0.05) is 0 Å². The lowest BCUT2D eigenvalue weighted by Crippen LogP contribution is -2.04. The van der Waals surface area contributed by atoms with Crippen molar-refractivity contribution in [2.75, 3.05) is 6.61 Å². The monoisotopic (exact) mass is 174 g/mol. The zero-order valence-corrected chi connectivity index (χ0v) is 8.55. The molecule has 0 fully saturated rings. The first kappa shape index (κ1) is 11.9. The second-order valence-corrected chi connectivity index (χ2v) is 3.88. The molecule has 1 N–H and O–H groups in total. The molecule has 2 heteroatoms. The maximum Gasteiger partial charge on any atom is 0.0819 e. The second kappa shape index (κ2) is 7.56. The van der Waals surface area contributed by atoms with Crippen LogP contribution in [0, 0.1) is 11.8 Å². The highest BCUT2D eigenvalue weighted by Gasteiger charge is 2.07. The molecule has 0 saturated carbocycles. The van der Waals surface area contributed by atoms with Crippen molar-refractivity contribution in [3.63, 3.8) is 0 Å². The third kappa shape index (κ3) is 6.62. The van der Waals surface area contributed by atoms with Crippen LogP contribution in [-0.2, 0) is 4.89 Å². The Bertz CT molecular complexity index is 91.8. The fourth-order valence-electron chi connectivity index (χ4n) is 1.59. The molecule has 0 aliphatic rings. The smallest absolute Gasteiger partial charge is 0.0819 e. The zero-order chi connectivity index (χ0) is 9.40. The van der Waals surface area contributed by atoms with Crippen molar-refractivity contribution in [3.8, 4) is 0 Å². The number of rotatable bonds is 7. The van der Waals surface area contributed by atoms with E-state index in [0.29, 0.717) is 6.61 Å². The highest BCUT2D eigenvalue weighted by molar-refractivity contribution is 4.59. The predicted octanol–water partition coefficient (Wildman–Crippen LogP) is 3.33. The molecule has 0 aliphatic carbocycles. The molecule has 0 saturated heterocycles. The van der Waals surface area contributed by atoms with Crippen LogP contribution in [0.5, 0.6) is 0 Å². The SMILES string of the molecule is CCC(CCCOO)CC(C)C. The van der Waals surface area contributed by atoms with Crippen molar-refractivity contribution >= 4 is 0 Å². The van der Waals surface area contributed by atoms with Gasteiger partial charge < -0.3 is 0 Å². The average Bonchev–Trinajstić information content (AvgIpc) is 2.02. The van der Waals surface area contributed by atoms with E-state index in [-0.39, 0.29) is 0 Å². The molecule has 1 unspecified atom stereocenters. The molecule has 74 valence electrons. The van der Waals surface area contributed by atoms with E-state index < -0.39 is 0 Å². The summed E-state index contributed by atoms with van der Waals surface area (Å²) < 4.78 is 0. The Morgan fingerprint density at radius 2 is 2.00 bits per heavy atom. The molecule has 0 amide bonds. The quantitative estimate of drug-likeness (QED) is 0.364. The van der Waals surface area contributed by atoms with Gasteiger partial charge in [-0.25, -0.2) is 4.89 Å². The first-order valence-electron chi connectivity index (χ1n) is 4.97. The van der Waals surface area contributed by atoms with E-state index in [9.17, 15) is 0 Å². The van der Waals surface area contributed by atoms with Gasteiger partial charge in [-0.15, -0.1) is 0 Å². The van der Waals surface area contributed by atoms with Crippen LogP contribution in [-0.4, -0.2) is 11.9 Å². The molecule has 0 spiro atoms. The minimum atomic E-state index is 0.481. The predicted molar refractivity (Wildman–Crippen MR) is 51.1 cm³/mol. The normalized spacial score (nSPS) is 13.8. The van der Waals surface area contributed by atoms with Crippen LogP contribution in [0.15, 0.2) is 0 Å². The molecular weight excluding hydrogens is 152 g/mol. The minimum Gasteiger partial charge on any atom is -0.252 e. The van der Waals surface area contributed by atoms with Gasteiger partial charge in [0.25, 0.3) is 0 Å². The largest absolute Gasteiger partial charge is 0.252 e. The van der Waals surface area contributed by atoms with E-state index in [1.165, 1.54) is 19.3 Å². The average molecular weight is 174 g/mol. The summed E-state index contributed by atoms with van der Waals surface area (Å²) in [7, 11) is 0. The molecule has 2 nitrogen and oxygen atoms in total. The van der Waals surface area contributed by atoms with Gasteiger partial charge in [0.05, 0.1) is 6.61 Å². The van der Waals surface area contributed by atoms with Crippen LogP contribution in [0.2, 0.25) is 0 Å². The highest BCUT2D eigenvalue weighted by Crippen LogP contribution is 2.19. The summed E-state index contributed by atoms with van der Waals surface area (Å²) in [5, 5.41) is 8.13. The summed E-state index contributed by atoms with van der Waals surface area (Å²) in [5.41, 5.74) is 0. The molecule has 0 heterocycles. The van der Waals surface area contributed by atoms with Crippen LogP contribution in [0.1, 0.15) is 46.5 Å². The molecule has 12 heavy (non-hydrogen) atoms. The Morgan fingerprint density at radius 3 is 2.42 bits per heavy atom. The summed E-state index contributed by atoms with van der Waals surface area (Å²) in [5.74, 6) is 1.59. The lowest BCUT2D eigenvalue weighted by Gasteiger charge is -2.16. The van der Waals surface area contributed by atoms with E-state index in [1.807, 2.05) is 0 Å². The van der Waals surface area contributed by atoms with Crippen molar-refractivity contribution < 1.29 is 10.1 Å². The zero-order valence-electron chi connectivity index (χ0n) is 8.55. The summed E-state index contributed by atoms with van der Waals surface area (Å²) in [4.78, 5) is 4.04. The van der Waals surface area contributed by atoms with Crippen molar-refractivity contribution in [1.82, 2.24) is 0 Å². The van der Waals surface area contributed by atoms with Gasteiger partial charge in [-0.05, 0) is 31.1 Å². The Morgan fingerprint density at radius 1 is 1.33 bits per heavy atom. The molecule has 0 radical (unpaired) electrons. The Balaban J connectivity index is 3.39. The lowest BCUT2D eigenvalue weighted by molar-refractivity contribution is -0.243. The molecule has 1 atom stereocenters. The van der Waals surface area contributed by atoms with Crippen molar-refractivity contribution in [2.45, 2.75) is 46.5 Å². The summed E-state index contributed by atoms with van der Waals surface area (Å²) in [6.45, 7) is 7.22. The highest BCUT2D eigenvalue weighted by atomic mass is 17.1. The lowest BCUT2D eigenvalue weighted by atomic mass is 9.91. The van der Waals surface area contributed by atoms with Crippen LogP contribution < -0.4 is 0 Å². The van der Waals surface area contributed by atoms with Crippen LogP contribution >= 0.6 is 0 Å². The van der Waals surface area contributed by atoms with Gasteiger partial charge in [0.1, 0.15) is 0 Å². The number of hydrogen-bond donors (Lipinski definition) is 1. The Hall–Kier alpha value is -0.0800. The summed E-state index contributed by atoms with van der Waals surface area (Å²) >= 11 is 0. The minimum absolute atomic E-state index is 0.481. The molecule has 0 bridgehead atoms. The maximum absolute atomic E-state index is 8.13. The third-order valence-electron chi connectivity index (χ3n) is 2.23. The van der Waals surface area contributed by atoms with E-state index >= 15 is 0 Å². The number of hydrogen-bond acceptors (Lipinski definition) is 2. The van der Waals surface area contributed by atoms with Crippen molar-refractivity contribution in [3.05, 3.63) is 0 Å². The molecule has 0 rings (SSSR count). The third-order valence-corrected chi connectivity index (χ3v) is 2.23. The standard InChI is InChI=1S/C10H22O2/c1-4-10(8-9(2)3)6-5-7-12-11/h9-11H,4-8H2,1-3H3. The molecule has 0 aromatic carbocycles. The second-order valence-electron chi connectivity index (χ2n) is 3.88. The van der Waals surface area contributed by atoms with Crippen LogP contribution in [0.3, 0.4) is 0 Å². The van der Waals surface area contributed by atoms with E-state index in [0.717, 1.165) is 18.3 Å².